The van der Waals surface area contributed by atoms with Crippen molar-refractivity contribution in [3.63, 3.8) is 0 Å². The molecule has 0 atom stereocenters. The zero-order valence-corrected chi connectivity index (χ0v) is 18.1. The molecule has 1 aliphatic heterocycles. The average molecular weight is 484 g/mol. The van der Waals surface area contributed by atoms with E-state index in [1.165, 1.54) is 49.7 Å². The van der Waals surface area contributed by atoms with Crippen LogP contribution in [-0.2, 0) is 4.79 Å². The van der Waals surface area contributed by atoms with Crippen LogP contribution in [0.4, 0.5) is 13.6 Å². The summed E-state index contributed by atoms with van der Waals surface area (Å²) < 4.78 is 34.3. The van der Waals surface area contributed by atoms with Gasteiger partial charge in [-0.05, 0) is 47.7 Å². The molecule has 1 fully saturated rings. The predicted molar refractivity (Wildman–Crippen MR) is 114 cm³/mol. The predicted octanol–water partition coefficient (Wildman–Crippen LogP) is 3.81. The first-order valence-electron chi connectivity index (χ1n) is 9.06. The summed E-state index contributed by atoms with van der Waals surface area (Å²) in [6.45, 7) is -3.00. The summed E-state index contributed by atoms with van der Waals surface area (Å²) >= 11 is 6.41. The number of carbonyl (C=O) groups excluding carboxylic acids is 3. The molecule has 8 nitrogen and oxygen atoms in total. The number of imide groups is 1. The van der Waals surface area contributed by atoms with Crippen LogP contribution in [0.3, 0.4) is 0 Å². The lowest BCUT2D eigenvalue weighted by atomic mass is 10.2. The maximum atomic E-state index is 12.6. The molecule has 2 aromatic rings. The third kappa shape index (κ3) is 5.74. The van der Waals surface area contributed by atoms with Crippen molar-refractivity contribution in [1.29, 1.82) is 0 Å². The van der Waals surface area contributed by atoms with Gasteiger partial charge in [0.15, 0.2) is 11.5 Å². The number of hydrogen-bond acceptors (Lipinski definition) is 7. The molecule has 1 aliphatic rings. The van der Waals surface area contributed by atoms with Gasteiger partial charge < -0.3 is 14.8 Å². The van der Waals surface area contributed by atoms with Crippen molar-refractivity contribution in [3.05, 3.63) is 57.7 Å². The monoisotopic (exact) mass is 483 g/mol. The van der Waals surface area contributed by atoms with Crippen molar-refractivity contribution < 1.29 is 32.6 Å². The number of aromatic nitrogens is 1. The van der Waals surface area contributed by atoms with Gasteiger partial charge in [-0.1, -0.05) is 17.7 Å². The minimum Gasteiger partial charge on any atom is -0.493 e. The van der Waals surface area contributed by atoms with Crippen molar-refractivity contribution >= 4 is 46.5 Å². The fraction of sp³-hybridized carbons (Fsp3) is 0.200. The summed E-state index contributed by atoms with van der Waals surface area (Å²) in [4.78, 5) is 41.9. The average Bonchev–Trinajstić information content (AvgIpc) is 3.02. The molecule has 0 radical (unpaired) electrons. The van der Waals surface area contributed by atoms with E-state index in [1.807, 2.05) is 0 Å². The Bertz CT molecular complexity index is 1070. The molecule has 1 aromatic heterocycles. The van der Waals surface area contributed by atoms with Crippen molar-refractivity contribution in [1.82, 2.24) is 15.2 Å². The van der Waals surface area contributed by atoms with Crippen LogP contribution in [0.1, 0.15) is 15.9 Å². The van der Waals surface area contributed by atoms with Gasteiger partial charge in [-0.25, -0.2) is 4.98 Å². The molecular weight excluding hydrogens is 468 g/mol. The molecule has 0 bridgehead atoms. The second-order valence-electron chi connectivity index (χ2n) is 6.25. The molecule has 0 unspecified atom stereocenters. The van der Waals surface area contributed by atoms with Gasteiger partial charge in [0.2, 0.25) is 0 Å². The van der Waals surface area contributed by atoms with E-state index in [1.54, 1.807) is 0 Å². The second kappa shape index (κ2) is 10.4. The molecule has 0 saturated carbocycles. The van der Waals surface area contributed by atoms with Gasteiger partial charge in [0.05, 0.1) is 17.6 Å². The SMILES string of the molecule is COc1cc(/C=C2\SC(=O)N(CCNC(=O)c3ccc(Cl)nc3)C2=O)ccc1OC(F)F. The van der Waals surface area contributed by atoms with Gasteiger partial charge in [-0.2, -0.15) is 8.78 Å². The summed E-state index contributed by atoms with van der Waals surface area (Å²) in [5.41, 5.74) is 0.745. The molecule has 0 aliphatic carbocycles. The standard InChI is InChI=1S/C20H16ClF2N3O5S/c1-30-14-8-11(2-4-13(14)31-19(22)23)9-15-18(28)26(20(29)32-15)7-6-24-17(27)12-3-5-16(21)25-10-12/h2-5,8-10,19H,6-7H2,1H3,(H,24,27)/b15-9-. The first-order chi connectivity index (χ1) is 15.3. The van der Waals surface area contributed by atoms with E-state index >= 15 is 0 Å². The fourth-order valence-electron chi connectivity index (χ4n) is 2.70. The van der Waals surface area contributed by atoms with Gasteiger partial charge in [0, 0.05) is 19.3 Å². The van der Waals surface area contributed by atoms with Gasteiger partial charge in [0.25, 0.3) is 17.1 Å². The van der Waals surface area contributed by atoms with Crippen LogP contribution in [0.2, 0.25) is 5.15 Å². The van der Waals surface area contributed by atoms with E-state index in [0.29, 0.717) is 5.56 Å². The quantitative estimate of drug-likeness (QED) is 0.450. The summed E-state index contributed by atoms with van der Waals surface area (Å²) in [6.07, 6.45) is 2.75. The number of amides is 3. The third-order valence-corrected chi connectivity index (χ3v) is 5.32. The van der Waals surface area contributed by atoms with Crippen LogP contribution >= 0.6 is 23.4 Å². The minimum atomic E-state index is -3.01. The molecular formula is C20H16ClF2N3O5S. The Kier molecular flexibility index (Phi) is 7.65. The highest BCUT2D eigenvalue weighted by molar-refractivity contribution is 8.18. The zero-order valence-electron chi connectivity index (χ0n) is 16.5. The molecule has 168 valence electrons. The van der Waals surface area contributed by atoms with Gasteiger partial charge in [-0.3, -0.25) is 19.3 Å². The number of halogens is 3. The smallest absolute Gasteiger partial charge is 0.387 e. The van der Waals surface area contributed by atoms with Crippen LogP contribution in [-0.4, -0.2) is 53.7 Å². The highest BCUT2D eigenvalue weighted by atomic mass is 35.5. The Balaban J connectivity index is 1.63. The zero-order chi connectivity index (χ0) is 23.3. The number of carbonyl (C=O) groups is 3. The third-order valence-electron chi connectivity index (χ3n) is 4.19. The molecule has 0 spiro atoms. The lowest BCUT2D eigenvalue weighted by molar-refractivity contribution is -0.122. The van der Waals surface area contributed by atoms with Gasteiger partial charge in [0.1, 0.15) is 5.15 Å². The number of alkyl halides is 2. The summed E-state index contributed by atoms with van der Waals surface area (Å²) in [5, 5.41) is 2.36. The largest absolute Gasteiger partial charge is 0.493 e. The normalized spacial score (nSPS) is 14.9. The topological polar surface area (TPSA) is 97.8 Å². The molecule has 1 N–H and O–H groups in total. The van der Waals surface area contributed by atoms with Crippen LogP contribution < -0.4 is 14.8 Å². The minimum absolute atomic E-state index is 0.0285. The van der Waals surface area contributed by atoms with E-state index < -0.39 is 23.7 Å². The number of thioether (sulfide) groups is 1. The first-order valence-corrected chi connectivity index (χ1v) is 10.3. The Morgan fingerprint density at radius 3 is 2.72 bits per heavy atom. The molecule has 3 rings (SSSR count). The number of pyridine rings is 1. The lowest BCUT2D eigenvalue weighted by Crippen LogP contribution is -2.37. The number of rotatable bonds is 8. The highest BCUT2D eigenvalue weighted by Gasteiger charge is 2.34. The van der Waals surface area contributed by atoms with E-state index in [9.17, 15) is 23.2 Å². The molecule has 1 aromatic carbocycles. The maximum Gasteiger partial charge on any atom is 0.387 e. The first kappa shape index (κ1) is 23.5. The highest BCUT2D eigenvalue weighted by Crippen LogP contribution is 2.34. The van der Waals surface area contributed by atoms with Gasteiger partial charge >= 0.3 is 6.61 Å². The second-order valence-corrected chi connectivity index (χ2v) is 7.63. The summed E-state index contributed by atoms with van der Waals surface area (Å²) in [6, 6.07) is 7.11. The van der Waals surface area contributed by atoms with Crippen molar-refractivity contribution in [2.45, 2.75) is 6.61 Å². The van der Waals surface area contributed by atoms with Crippen molar-refractivity contribution in [2.24, 2.45) is 0 Å². The number of benzene rings is 1. The summed E-state index contributed by atoms with van der Waals surface area (Å²) in [7, 11) is 1.29. The number of nitrogens with one attached hydrogen (secondary N) is 1. The van der Waals surface area contributed by atoms with Crippen LogP contribution in [0.25, 0.3) is 6.08 Å². The number of ether oxygens (including phenoxy) is 2. The number of hydrogen-bond donors (Lipinski definition) is 1. The Hall–Kier alpha value is -3.18. The van der Waals surface area contributed by atoms with Crippen LogP contribution in [0.15, 0.2) is 41.4 Å². The number of methoxy groups -OCH3 is 1. The van der Waals surface area contributed by atoms with E-state index in [4.69, 9.17) is 16.3 Å². The van der Waals surface area contributed by atoms with Crippen LogP contribution in [0, 0.1) is 0 Å². The van der Waals surface area contributed by atoms with E-state index in [0.717, 1.165) is 16.7 Å². The van der Waals surface area contributed by atoms with Crippen molar-refractivity contribution in [2.75, 3.05) is 20.2 Å². The molecule has 2 heterocycles. The van der Waals surface area contributed by atoms with Crippen molar-refractivity contribution in [3.8, 4) is 11.5 Å². The lowest BCUT2D eigenvalue weighted by Gasteiger charge is -2.13. The Morgan fingerprint density at radius 2 is 2.06 bits per heavy atom. The summed E-state index contributed by atoms with van der Waals surface area (Å²) in [5.74, 6) is -1.05. The Labute approximate surface area is 190 Å². The number of nitrogens with zero attached hydrogens (tertiary/aromatic N) is 2. The Morgan fingerprint density at radius 1 is 1.28 bits per heavy atom. The fourth-order valence-corrected chi connectivity index (χ4v) is 3.68. The van der Waals surface area contributed by atoms with Crippen LogP contribution in [0.5, 0.6) is 11.5 Å². The van der Waals surface area contributed by atoms with Gasteiger partial charge in [-0.15, -0.1) is 0 Å². The van der Waals surface area contributed by atoms with E-state index in [2.05, 4.69) is 15.0 Å². The molecule has 3 amide bonds. The molecule has 12 heteroatoms. The molecule has 1 saturated heterocycles. The molecule has 32 heavy (non-hydrogen) atoms. The maximum absolute atomic E-state index is 12.6. The van der Waals surface area contributed by atoms with E-state index in [-0.39, 0.29) is 40.2 Å².